The second-order valence-electron chi connectivity index (χ2n) is 6.17. The van der Waals surface area contributed by atoms with Crippen molar-refractivity contribution >= 4 is 41.3 Å². The zero-order valence-electron chi connectivity index (χ0n) is 17.0. The summed E-state index contributed by atoms with van der Waals surface area (Å²) in [6, 6.07) is 7.90. The molecule has 2 N–H and O–H groups in total. The van der Waals surface area contributed by atoms with Gasteiger partial charge in [0.05, 0.1) is 31.6 Å². The van der Waals surface area contributed by atoms with Crippen molar-refractivity contribution in [2.45, 2.75) is 33.9 Å². The fourth-order valence-corrected chi connectivity index (χ4v) is 3.34. The summed E-state index contributed by atoms with van der Waals surface area (Å²) in [7, 11) is 1.66. The Labute approximate surface area is 192 Å². The molecule has 29 heavy (non-hydrogen) atoms. The minimum Gasteiger partial charge on any atom is -0.497 e. The maximum atomic E-state index is 5.60. The van der Waals surface area contributed by atoms with E-state index in [9.17, 15) is 0 Å². The number of aliphatic imine (C=N–C) groups is 1. The van der Waals surface area contributed by atoms with Gasteiger partial charge in [-0.25, -0.2) is 15.0 Å². The number of rotatable bonds is 7. The van der Waals surface area contributed by atoms with Gasteiger partial charge in [-0.2, -0.15) is 0 Å². The Kier molecular flexibility index (Phi) is 8.90. The molecular weight excluding hydrogens is 501 g/mol. The smallest absolute Gasteiger partial charge is 0.214 e. The van der Waals surface area contributed by atoms with E-state index in [1.165, 1.54) is 0 Å². The molecule has 0 saturated heterocycles. The first-order valence-corrected chi connectivity index (χ1v) is 10.0. The van der Waals surface area contributed by atoms with Gasteiger partial charge in [-0.15, -0.1) is 35.3 Å². The number of oxazole rings is 1. The van der Waals surface area contributed by atoms with Crippen molar-refractivity contribution in [3.8, 4) is 16.3 Å². The zero-order valence-corrected chi connectivity index (χ0v) is 20.1. The SMILES string of the molecule is CCNC(=NCc1csc(-c2ccc(OC)cc2)n1)NCc1nc(C)c(C)o1.I. The van der Waals surface area contributed by atoms with Gasteiger partial charge in [-0.05, 0) is 45.0 Å². The van der Waals surface area contributed by atoms with Gasteiger partial charge in [0.15, 0.2) is 5.96 Å². The second-order valence-corrected chi connectivity index (χ2v) is 7.03. The molecule has 0 unspecified atom stereocenters. The number of ether oxygens (including phenoxy) is 1. The Morgan fingerprint density at radius 2 is 1.93 bits per heavy atom. The standard InChI is InChI=1S/C20H25N5O2S.HI/c1-5-21-20(23-11-18-24-13(2)14(3)27-18)22-10-16-12-28-19(25-16)15-6-8-17(26-4)9-7-15;/h6-9,12H,5,10-11H2,1-4H3,(H2,21,22,23);1H. The van der Waals surface area contributed by atoms with E-state index in [1.54, 1.807) is 18.4 Å². The molecule has 0 amide bonds. The highest BCUT2D eigenvalue weighted by Gasteiger charge is 2.08. The summed E-state index contributed by atoms with van der Waals surface area (Å²) >= 11 is 1.61. The number of aryl methyl sites for hydroxylation is 2. The highest BCUT2D eigenvalue weighted by Crippen LogP contribution is 2.25. The van der Waals surface area contributed by atoms with Gasteiger partial charge < -0.3 is 19.8 Å². The molecule has 0 bridgehead atoms. The highest BCUT2D eigenvalue weighted by molar-refractivity contribution is 14.0. The normalized spacial score (nSPS) is 11.1. The van der Waals surface area contributed by atoms with Gasteiger partial charge >= 0.3 is 0 Å². The molecule has 0 aliphatic heterocycles. The van der Waals surface area contributed by atoms with Crippen LogP contribution in [0.25, 0.3) is 10.6 Å². The highest BCUT2D eigenvalue weighted by atomic mass is 127. The number of aromatic nitrogens is 2. The molecule has 156 valence electrons. The molecular formula is C20H26IN5O2S. The van der Waals surface area contributed by atoms with Crippen LogP contribution in [0.2, 0.25) is 0 Å². The predicted molar refractivity (Wildman–Crippen MR) is 127 cm³/mol. The van der Waals surface area contributed by atoms with E-state index < -0.39 is 0 Å². The minimum absolute atomic E-state index is 0. The minimum atomic E-state index is 0. The summed E-state index contributed by atoms with van der Waals surface area (Å²) in [5.74, 6) is 3.03. The lowest BCUT2D eigenvalue weighted by molar-refractivity contribution is 0.415. The van der Waals surface area contributed by atoms with Gasteiger partial charge in [-0.1, -0.05) is 0 Å². The summed E-state index contributed by atoms with van der Waals surface area (Å²) in [6.07, 6.45) is 0. The molecule has 7 nitrogen and oxygen atoms in total. The van der Waals surface area contributed by atoms with E-state index in [0.717, 1.165) is 40.0 Å². The summed E-state index contributed by atoms with van der Waals surface area (Å²) in [5.41, 5.74) is 2.91. The van der Waals surface area contributed by atoms with Crippen LogP contribution in [-0.2, 0) is 13.1 Å². The number of guanidine groups is 1. The third-order valence-electron chi connectivity index (χ3n) is 4.11. The van der Waals surface area contributed by atoms with Crippen LogP contribution in [0.3, 0.4) is 0 Å². The summed E-state index contributed by atoms with van der Waals surface area (Å²) < 4.78 is 10.8. The number of hydrogen-bond acceptors (Lipinski definition) is 6. The van der Waals surface area contributed by atoms with Crippen molar-refractivity contribution in [2.24, 2.45) is 4.99 Å². The molecule has 0 spiro atoms. The van der Waals surface area contributed by atoms with E-state index in [2.05, 4.69) is 25.6 Å². The predicted octanol–water partition coefficient (Wildman–Crippen LogP) is 4.30. The zero-order chi connectivity index (χ0) is 19.9. The van der Waals surface area contributed by atoms with E-state index in [-0.39, 0.29) is 24.0 Å². The average molecular weight is 527 g/mol. The first kappa shape index (κ1) is 23.1. The topological polar surface area (TPSA) is 84.6 Å². The maximum absolute atomic E-state index is 5.60. The molecule has 2 aromatic heterocycles. The van der Waals surface area contributed by atoms with E-state index in [1.807, 2.05) is 50.4 Å². The first-order valence-electron chi connectivity index (χ1n) is 9.13. The van der Waals surface area contributed by atoms with Crippen molar-refractivity contribution < 1.29 is 9.15 Å². The Morgan fingerprint density at radius 3 is 2.55 bits per heavy atom. The van der Waals surface area contributed by atoms with Gasteiger partial charge in [0.2, 0.25) is 5.89 Å². The molecule has 0 radical (unpaired) electrons. The van der Waals surface area contributed by atoms with Crippen LogP contribution < -0.4 is 15.4 Å². The van der Waals surface area contributed by atoms with Crippen molar-refractivity contribution in [1.29, 1.82) is 0 Å². The molecule has 0 fully saturated rings. The summed E-state index contributed by atoms with van der Waals surface area (Å²) in [4.78, 5) is 13.7. The van der Waals surface area contributed by atoms with Crippen LogP contribution in [0, 0.1) is 13.8 Å². The molecule has 0 saturated carbocycles. The molecule has 0 atom stereocenters. The lowest BCUT2D eigenvalue weighted by atomic mass is 10.2. The number of halogens is 1. The second kappa shape index (κ2) is 11.1. The van der Waals surface area contributed by atoms with Crippen molar-refractivity contribution in [2.75, 3.05) is 13.7 Å². The van der Waals surface area contributed by atoms with Gasteiger partial charge in [0.1, 0.15) is 16.5 Å². The van der Waals surface area contributed by atoms with Crippen LogP contribution in [0.1, 0.15) is 30.0 Å². The third kappa shape index (κ3) is 6.43. The van der Waals surface area contributed by atoms with E-state index >= 15 is 0 Å². The lowest BCUT2D eigenvalue weighted by Crippen LogP contribution is -2.36. The van der Waals surface area contributed by atoms with Gasteiger partial charge in [0, 0.05) is 17.5 Å². The van der Waals surface area contributed by atoms with Crippen LogP contribution in [-0.4, -0.2) is 29.6 Å². The lowest BCUT2D eigenvalue weighted by Gasteiger charge is -2.09. The Morgan fingerprint density at radius 1 is 1.17 bits per heavy atom. The number of benzene rings is 1. The van der Waals surface area contributed by atoms with Crippen molar-refractivity contribution in [1.82, 2.24) is 20.6 Å². The molecule has 0 aliphatic rings. The van der Waals surface area contributed by atoms with Crippen LogP contribution in [0.15, 0.2) is 39.1 Å². The maximum Gasteiger partial charge on any atom is 0.214 e. The van der Waals surface area contributed by atoms with Crippen molar-refractivity contribution in [3.05, 3.63) is 52.7 Å². The number of hydrogen-bond donors (Lipinski definition) is 2. The Hall–Kier alpha value is -2.14. The molecule has 0 aliphatic carbocycles. The summed E-state index contributed by atoms with van der Waals surface area (Å²) in [6.45, 7) is 7.61. The fourth-order valence-electron chi connectivity index (χ4n) is 2.52. The number of thiazole rings is 1. The van der Waals surface area contributed by atoms with Crippen LogP contribution in [0.5, 0.6) is 5.75 Å². The number of nitrogens with zero attached hydrogens (tertiary/aromatic N) is 3. The van der Waals surface area contributed by atoms with Gasteiger partial charge in [0.25, 0.3) is 0 Å². The number of methoxy groups -OCH3 is 1. The van der Waals surface area contributed by atoms with Crippen LogP contribution >= 0.6 is 35.3 Å². The third-order valence-corrected chi connectivity index (χ3v) is 5.05. The largest absolute Gasteiger partial charge is 0.497 e. The van der Waals surface area contributed by atoms with Crippen LogP contribution in [0.4, 0.5) is 0 Å². The Balaban J connectivity index is 0.00000300. The van der Waals surface area contributed by atoms with E-state index in [4.69, 9.17) is 9.15 Å². The van der Waals surface area contributed by atoms with Crippen molar-refractivity contribution in [3.63, 3.8) is 0 Å². The molecule has 2 heterocycles. The average Bonchev–Trinajstić information content (AvgIpc) is 3.31. The molecule has 1 aromatic carbocycles. The molecule has 3 rings (SSSR count). The Bertz CT molecular complexity index is 917. The molecule has 3 aromatic rings. The quantitative estimate of drug-likeness (QED) is 0.271. The summed E-state index contributed by atoms with van der Waals surface area (Å²) in [5, 5.41) is 9.47. The fraction of sp³-hybridized carbons (Fsp3) is 0.350. The van der Waals surface area contributed by atoms with E-state index in [0.29, 0.717) is 24.9 Å². The first-order chi connectivity index (χ1) is 13.6. The monoisotopic (exact) mass is 527 g/mol. The van der Waals surface area contributed by atoms with Gasteiger partial charge in [-0.3, -0.25) is 0 Å². The number of nitrogens with one attached hydrogen (secondary N) is 2. The molecule has 9 heteroatoms.